The zero-order valence-corrected chi connectivity index (χ0v) is 15.8. The molecule has 6 nitrogen and oxygen atoms in total. The van der Waals surface area contributed by atoms with Gasteiger partial charge in [-0.05, 0) is 44.5 Å². The summed E-state index contributed by atoms with van der Waals surface area (Å²) in [6.45, 7) is 8.98. The van der Waals surface area contributed by atoms with Crippen LogP contribution in [0.3, 0.4) is 0 Å². The Hall–Kier alpha value is -2.91. The van der Waals surface area contributed by atoms with Gasteiger partial charge in [0.1, 0.15) is 11.7 Å². The summed E-state index contributed by atoms with van der Waals surface area (Å²) in [7, 11) is 0. The van der Waals surface area contributed by atoms with Crippen molar-refractivity contribution in [3.05, 3.63) is 54.2 Å². The normalized spacial score (nSPS) is 22.8. The Morgan fingerprint density at radius 1 is 1.44 bits per heavy atom. The lowest BCUT2D eigenvalue weighted by Crippen LogP contribution is -2.46. The van der Waals surface area contributed by atoms with E-state index in [0.717, 1.165) is 48.8 Å². The maximum Gasteiger partial charge on any atom is 0.138 e. The first-order valence-electron chi connectivity index (χ1n) is 9.42. The molecule has 1 spiro atoms. The molecule has 6 heteroatoms. The van der Waals surface area contributed by atoms with Crippen LogP contribution in [0.2, 0.25) is 0 Å². The third kappa shape index (κ3) is 3.38. The fourth-order valence-electron chi connectivity index (χ4n) is 3.91. The van der Waals surface area contributed by atoms with Crippen molar-refractivity contribution in [2.24, 2.45) is 4.99 Å². The van der Waals surface area contributed by atoms with Crippen molar-refractivity contribution < 1.29 is 0 Å². The fourth-order valence-corrected chi connectivity index (χ4v) is 3.91. The number of aromatic nitrogens is 1. The Morgan fingerprint density at radius 3 is 3.00 bits per heavy atom. The van der Waals surface area contributed by atoms with Gasteiger partial charge in [0, 0.05) is 48.9 Å². The number of amidine groups is 1. The van der Waals surface area contributed by atoms with Gasteiger partial charge in [-0.1, -0.05) is 12.5 Å². The van der Waals surface area contributed by atoms with Crippen LogP contribution in [0.5, 0.6) is 0 Å². The number of hydrogen-bond acceptors (Lipinski definition) is 5. The van der Waals surface area contributed by atoms with E-state index in [9.17, 15) is 0 Å². The summed E-state index contributed by atoms with van der Waals surface area (Å²) in [4.78, 5) is 10.1. The van der Waals surface area contributed by atoms with Crippen LogP contribution >= 0.6 is 0 Å². The standard InChI is InChI=1S/C21H26N6/c1-4-17-13-19(24-14-17)25-27-12-6-11-26(15-21(27)8-9-21)16(3)18-7-10-23-20(18)22-5-2/h1,5,7,10,13-14,24-25H,2,6,8-9,11-12,15H2,3H3,(H,22,23)/b18-16+. The molecule has 0 aromatic carbocycles. The predicted molar refractivity (Wildman–Crippen MR) is 110 cm³/mol. The molecule has 4 rings (SSSR count). The summed E-state index contributed by atoms with van der Waals surface area (Å²) in [5, 5.41) is 5.54. The topological polar surface area (TPSA) is 58.7 Å². The van der Waals surface area contributed by atoms with Gasteiger partial charge in [0.2, 0.25) is 0 Å². The number of nitrogens with zero attached hydrogens (tertiary/aromatic N) is 3. The molecule has 140 valence electrons. The number of hydrazine groups is 1. The fraction of sp³-hybridized carbons (Fsp3) is 0.381. The summed E-state index contributed by atoms with van der Waals surface area (Å²) in [5.41, 5.74) is 7.02. The quantitative estimate of drug-likeness (QED) is 0.721. The van der Waals surface area contributed by atoms with Crippen molar-refractivity contribution >= 4 is 11.7 Å². The van der Waals surface area contributed by atoms with Gasteiger partial charge in [-0.15, -0.1) is 6.42 Å². The maximum absolute atomic E-state index is 5.48. The van der Waals surface area contributed by atoms with Crippen molar-refractivity contribution in [2.45, 2.75) is 31.7 Å². The first kappa shape index (κ1) is 17.5. The monoisotopic (exact) mass is 362 g/mol. The zero-order chi connectivity index (χ0) is 18.9. The molecule has 2 fully saturated rings. The van der Waals surface area contributed by atoms with Gasteiger partial charge >= 0.3 is 0 Å². The van der Waals surface area contributed by atoms with E-state index in [1.165, 1.54) is 18.5 Å². The number of anilines is 1. The molecule has 1 aromatic rings. The average molecular weight is 362 g/mol. The van der Waals surface area contributed by atoms with Crippen molar-refractivity contribution in [2.75, 3.05) is 25.1 Å². The van der Waals surface area contributed by atoms with Crippen LogP contribution < -0.4 is 10.7 Å². The second-order valence-corrected chi connectivity index (χ2v) is 7.35. The lowest BCUT2D eigenvalue weighted by molar-refractivity contribution is 0.205. The summed E-state index contributed by atoms with van der Waals surface area (Å²) >= 11 is 0. The number of H-pyrrole nitrogens is 1. The maximum atomic E-state index is 5.48. The van der Waals surface area contributed by atoms with E-state index in [1.807, 2.05) is 18.5 Å². The van der Waals surface area contributed by atoms with E-state index in [1.54, 1.807) is 6.20 Å². The smallest absolute Gasteiger partial charge is 0.138 e. The Kier molecular flexibility index (Phi) is 4.54. The highest BCUT2D eigenvalue weighted by atomic mass is 15.6. The minimum Gasteiger partial charge on any atom is -0.372 e. The molecular weight excluding hydrogens is 336 g/mol. The molecule has 3 N–H and O–H groups in total. The largest absolute Gasteiger partial charge is 0.372 e. The second-order valence-electron chi connectivity index (χ2n) is 7.35. The van der Waals surface area contributed by atoms with Gasteiger partial charge in [0.05, 0.1) is 5.54 Å². The number of allylic oxidation sites excluding steroid dienone is 1. The number of aromatic amines is 1. The number of rotatable bonds is 4. The van der Waals surface area contributed by atoms with E-state index in [4.69, 9.17) is 6.42 Å². The SMILES string of the molecule is C#Cc1c[nH]c(NN2CCCN(/C(C)=C3\C=CN=C3NC=C)CC23CC3)c1. The lowest BCUT2D eigenvalue weighted by Gasteiger charge is -2.33. The van der Waals surface area contributed by atoms with Gasteiger partial charge in [0.25, 0.3) is 0 Å². The highest BCUT2D eigenvalue weighted by molar-refractivity contribution is 6.04. The molecule has 0 bridgehead atoms. The van der Waals surface area contributed by atoms with Crippen LogP contribution in [0, 0.1) is 12.3 Å². The van der Waals surface area contributed by atoms with E-state index >= 15 is 0 Å². The van der Waals surface area contributed by atoms with E-state index in [2.05, 4.69) is 56.1 Å². The molecule has 2 aliphatic heterocycles. The Bertz CT molecular complexity index is 861. The zero-order valence-electron chi connectivity index (χ0n) is 15.8. The summed E-state index contributed by atoms with van der Waals surface area (Å²) in [6, 6.07) is 1.99. The van der Waals surface area contributed by atoms with Crippen LogP contribution in [0.4, 0.5) is 5.82 Å². The number of nitrogens with one attached hydrogen (secondary N) is 3. The molecule has 1 aromatic heterocycles. The number of aliphatic imine (C=N–C) groups is 1. The second kappa shape index (κ2) is 7.01. The van der Waals surface area contributed by atoms with Crippen molar-refractivity contribution in [3.63, 3.8) is 0 Å². The van der Waals surface area contributed by atoms with Crippen LogP contribution in [0.15, 0.2) is 53.6 Å². The van der Waals surface area contributed by atoms with Crippen molar-refractivity contribution in [3.8, 4) is 12.3 Å². The Morgan fingerprint density at radius 2 is 2.30 bits per heavy atom. The first-order chi connectivity index (χ1) is 13.1. The molecule has 0 radical (unpaired) electrons. The number of terminal acetylenes is 1. The average Bonchev–Trinajstić information content (AvgIpc) is 3.13. The van der Waals surface area contributed by atoms with Crippen LogP contribution in [-0.4, -0.2) is 45.9 Å². The van der Waals surface area contributed by atoms with Gasteiger partial charge in [-0.3, -0.25) is 0 Å². The highest BCUT2D eigenvalue weighted by Crippen LogP contribution is 2.44. The molecule has 3 heterocycles. The molecule has 0 atom stereocenters. The molecule has 0 unspecified atom stereocenters. The van der Waals surface area contributed by atoms with Crippen molar-refractivity contribution in [1.82, 2.24) is 20.2 Å². The van der Waals surface area contributed by atoms with Crippen LogP contribution in [0.25, 0.3) is 0 Å². The number of hydrogen-bond donors (Lipinski definition) is 3. The minimum atomic E-state index is 0.172. The molecule has 1 aliphatic carbocycles. The summed E-state index contributed by atoms with van der Waals surface area (Å²) in [6.07, 6.45) is 16.4. The third-order valence-electron chi connectivity index (χ3n) is 5.60. The minimum absolute atomic E-state index is 0.172. The van der Waals surface area contributed by atoms with Crippen LogP contribution in [-0.2, 0) is 0 Å². The van der Waals surface area contributed by atoms with Gasteiger partial charge in [0.15, 0.2) is 0 Å². The Balaban J connectivity index is 1.51. The van der Waals surface area contributed by atoms with Crippen LogP contribution in [0.1, 0.15) is 31.7 Å². The van der Waals surface area contributed by atoms with E-state index in [0.29, 0.717) is 0 Å². The molecule has 0 amide bonds. The van der Waals surface area contributed by atoms with Gasteiger partial charge in [-0.2, -0.15) is 0 Å². The molecule has 27 heavy (non-hydrogen) atoms. The Labute approximate surface area is 160 Å². The molecular formula is C21H26N6. The lowest BCUT2D eigenvalue weighted by atomic mass is 10.1. The van der Waals surface area contributed by atoms with Crippen molar-refractivity contribution in [1.29, 1.82) is 0 Å². The van der Waals surface area contributed by atoms with Gasteiger partial charge < -0.3 is 20.6 Å². The predicted octanol–water partition coefficient (Wildman–Crippen LogP) is 2.80. The van der Waals surface area contributed by atoms with E-state index in [-0.39, 0.29) is 5.54 Å². The highest BCUT2D eigenvalue weighted by Gasteiger charge is 2.50. The molecule has 1 saturated carbocycles. The molecule has 3 aliphatic rings. The molecule has 1 saturated heterocycles. The summed E-state index contributed by atoms with van der Waals surface area (Å²) < 4.78 is 0. The van der Waals surface area contributed by atoms with E-state index < -0.39 is 0 Å². The first-order valence-corrected chi connectivity index (χ1v) is 9.42. The summed E-state index contributed by atoms with van der Waals surface area (Å²) in [5.74, 6) is 4.50. The third-order valence-corrected chi connectivity index (χ3v) is 5.60. The van der Waals surface area contributed by atoms with Gasteiger partial charge in [-0.25, -0.2) is 10.0 Å².